The monoisotopic (exact) mass is 1180 g/mol. The Hall–Kier alpha value is -7.86. The van der Waals surface area contributed by atoms with Crippen LogP contribution in [0.3, 0.4) is 0 Å². The lowest BCUT2D eigenvalue weighted by atomic mass is 10.2. The first-order valence-electron chi connectivity index (χ1n) is 29.9. The van der Waals surface area contributed by atoms with Crippen molar-refractivity contribution in [3.8, 4) is 0 Å². The van der Waals surface area contributed by atoms with Gasteiger partial charge in [0.2, 0.25) is 0 Å². The molecule has 0 saturated heterocycles. The van der Waals surface area contributed by atoms with Gasteiger partial charge in [-0.15, -0.1) is 0 Å². The van der Waals surface area contributed by atoms with Gasteiger partial charge in [-0.1, -0.05) is 72.8 Å². The van der Waals surface area contributed by atoms with Crippen molar-refractivity contribution >= 4 is 66.2 Å². The number of aromatic nitrogens is 12. The summed E-state index contributed by atoms with van der Waals surface area (Å²) in [5.74, 6) is 7.97. The van der Waals surface area contributed by atoms with E-state index in [-0.39, 0.29) is 44.6 Å². The number of imidazole rings is 6. The summed E-state index contributed by atoms with van der Waals surface area (Å²) in [7, 11) is 13.0. The van der Waals surface area contributed by atoms with Crippen LogP contribution in [0.5, 0.6) is 0 Å². The third-order valence-corrected chi connectivity index (χ3v) is 18.2. The van der Waals surface area contributed by atoms with Gasteiger partial charge in [0.25, 0.3) is 34.9 Å². The zero-order valence-corrected chi connectivity index (χ0v) is 56.8. The highest BCUT2D eigenvalue weighted by Gasteiger charge is 2.24. The van der Waals surface area contributed by atoms with E-state index in [0.29, 0.717) is 0 Å². The van der Waals surface area contributed by atoms with Gasteiger partial charge in [-0.3, -0.25) is 0 Å². The minimum absolute atomic E-state index is 0. The number of para-hydroxylation sites is 12. The van der Waals surface area contributed by atoms with Gasteiger partial charge in [0.1, 0.15) is 0 Å². The maximum Gasteiger partial charge on any atom is 0.253 e. The molecular weight excluding hydrogens is 1070 g/mol. The van der Waals surface area contributed by atoms with Crippen molar-refractivity contribution in [1.82, 2.24) is 27.4 Å². The smallest absolute Gasteiger partial charge is 0.253 e. The second-order valence-electron chi connectivity index (χ2n) is 22.7. The Morgan fingerprint density at radius 2 is 0.333 bits per heavy atom. The Kier molecular flexibility index (Phi) is 26.1. The number of hydrogen-bond acceptors (Lipinski definition) is 0. The number of nitrogens with zero attached hydrogens (tertiary/aromatic N) is 12. The molecule has 0 radical (unpaired) electrons. The summed E-state index contributed by atoms with van der Waals surface area (Å²) in [6, 6.07) is 52.2. The predicted molar refractivity (Wildman–Crippen MR) is 367 cm³/mol. The van der Waals surface area contributed by atoms with Gasteiger partial charge in [-0.2, -0.15) is 0 Å². The van der Waals surface area contributed by atoms with Crippen molar-refractivity contribution in [2.75, 3.05) is 0 Å². The van der Waals surface area contributed by atoms with Crippen LogP contribution in [-0.2, 0) is 81.6 Å². The van der Waals surface area contributed by atoms with Crippen LogP contribution < -0.4 is 27.4 Å². The molecule has 0 aliphatic heterocycles. The van der Waals surface area contributed by atoms with Crippen LogP contribution in [0.2, 0.25) is 0 Å². The molecule has 6 aromatic heterocycles. The van der Waals surface area contributed by atoms with E-state index in [1.807, 2.05) is 0 Å². The molecule has 468 valence electrons. The van der Waals surface area contributed by atoms with E-state index < -0.39 is 0 Å². The van der Waals surface area contributed by atoms with E-state index in [1.165, 1.54) is 159 Å². The van der Waals surface area contributed by atoms with E-state index in [9.17, 15) is 0 Å². The molecule has 0 atom stereocenters. The average molecular weight is 1180 g/mol. The largest absolute Gasteiger partial charge is 0.358 e. The third kappa shape index (κ3) is 14.3. The van der Waals surface area contributed by atoms with Crippen LogP contribution >= 0.6 is 0 Å². The molecule has 87 heavy (non-hydrogen) atoms. The summed E-state index contributed by atoms with van der Waals surface area (Å²) in [6.45, 7) is 19.8. The topological polar surface area (TPSA) is 52.9 Å². The van der Waals surface area contributed by atoms with Crippen molar-refractivity contribution in [2.24, 2.45) is 42.3 Å². The fraction of sp³-hybridized carbons (Fsp3) is 0.360. The van der Waals surface area contributed by atoms with Crippen LogP contribution in [0, 0.1) is 86.1 Å². The second kappa shape index (κ2) is 31.7. The summed E-state index contributed by atoms with van der Waals surface area (Å²) in [6.07, 6.45) is 11.0. The van der Waals surface area contributed by atoms with Crippen LogP contribution in [0.4, 0.5) is 0 Å². The maximum atomic E-state index is 2.47. The van der Waals surface area contributed by atoms with Crippen LogP contribution in [0.15, 0.2) is 146 Å². The van der Waals surface area contributed by atoms with Gasteiger partial charge in [0.15, 0.2) is 66.2 Å². The van der Waals surface area contributed by atoms with Gasteiger partial charge in [-0.05, 0) is 131 Å². The van der Waals surface area contributed by atoms with Crippen LogP contribution in [-0.4, -0.2) is 27.4 Å². The van der Waals surface area contributed by atoms with Crippen molar-refractivity contribution in [1.29, 1.82) is 0 Å². The highest BCUT2D eigenvalue weighted by molar-refractivity contribution is 5.75. The lowest BCUT2D eigenvalue weighted by Gasteiger charge is -2.03. The number of rotatable bonds is 18. The molecule has 0 amide bonds. The average Bonchev–Trinajstić information content (AvgIpc) is 2.19. The third-order valence-electron chi connectivity index (χ3n) is 18.2. The number of unbranched alkanes of at least 4 members (excludes halogenated alkanes) is 6. The van der Waals surface area contributed by atoms with Crippen molar-refractivity contribution in [2.45, 2.75) is 139 Å². The van der Waals surface area contributed by atoms with Gasteiger partial charge < -0.3 is 44.6 Å². The molecule has 6 heterocycles. The normalized spacial score (nSPS) is 10.9. The standard InChI is InChI=1S/C24H32N4.C23H30N4.C22H28N4.6CH3/c1-19-25(3)21-13-7-9-15-23(21)27(19)17-11-5-6-12-18-28-20(2)26(4)22-14-8-10-16-24(22)28;1-18-24(3)20-12-6-8-14-22(20)26(18)16-10-5-11-17-27-19(2)25(4)21-13-7-9-15-23(21)27;1-17-23(3)19-11-5-7-13-21(19)25(17)15-9-10-16-26-18(2)24(4)20-12-6-8-14-22(20)26;;;;;;/h7-10,13-16H,5-6,11-12,17-18H2,1-4H3;6-9,12-15H,5,10-11,16-17H2,1-4H3;5-8,11-14H,9-10,15-16H2,1-4H3;6*1H3/q3*+2;6*-1. The molecule has 12 heteroatoms. The summed E-state index contributed by atoms with van der Waals surface area (Å²) in [4.78, 5) is 0. The van der Waals surface area contributed by atoms with Crippen molar-refractivity contribution in [3.05, 3.63) is 225 Å². The summed E-state index contributed by atoms with van der Waals surface area (Å²) in [5, 5.41) is 0. The Morgan fingerprint density at radius 3 is 0.494 bits per heavy atom. The van der Waals surface area contributed by atoms with Crippen LogP contribution in [0.1, 0.15) is 92.7 Å². The molecule has 0 spiro atoms. The zero-order valence-electron chi connectivity index (χ0n) is 56.8. The lowest BCUT2D eigenvalue weighted by Crippen LogP contribution is -2.31. The van der Waals surface area contributed by atoms with E-state index in [4.69, 9.17) is 0 Å². The molecule has 0 aliphatic rings. The SMILES string of the molecule is Cc1n(CCCCCCn2c(C)[n+](C)c3ccccc32)c2ccccc2[n+]1C.Cc1n(CCCCCn2c(C)[n+](C)c3ccccc32)c2ccccc2[n+]1C.Cc1n(CCCCn2c(C)[n+](C)c3ccccc32)c2ccccc2[n+]1C.[CH3-].[CH3-].[CH3-].[CH3-].[CH3-].[CH3-]. The van der Waals surface area contributed by atoms with E-state index in [2.05, 4.69) is 284 Å². The number of fused-ring (bicyclic) bond motifs is 6. The Balaban J connectivity index is 0.000000270. The van der Waals surface area contributed by atoms with Crippen LogP contribution in [0.25, 0.3) is 66.2 Å². The Bertz CT molecular complexity index is 3880. The lowest BCUT2D eigenvalue weighted by molar-refractivity contribution is -0.652. The molecule has 0 unspecified atom stereocenters. The predicted octanol–water partition coefficient (Wildman–Crippen LogP) is 13.9. The van der Waals surface area contributed by atoms with Gasteiger partial charge >= 0.3 is 0 Å². The first-order valence-corrected chi connectivity index (χ1v) is 29.9. The van der Waals surface area contributed by atoms with Crippen molar-refractivity contribution < 1.29 is 27.4 Å². The fourth-order valence-corrected chi connectivity index (χ4v) is 12.9. The minimum Gasteiger partial charge on any atom is -0.358 e. The molecule has 0 aliphatic carbocycles. The summed E-state index contributed by atoms with van der Waals surface area (Å²) >= 11 is 0. The summed E-state index contributed by atoms with van der Waals surface area (Å²) < 4.78 is 28.6. The Labute approximate surface area is 524 Å². The molecule has 0 fully saturated rings. The first-order chi connectivity index (χ1) is 39.3. The highest BCUT2D eigenvalue weighted by atomic mass is 15.2. The number of aryl methyl sites for hydroxylation is 12. The molecule has 12 rings (SSSR count). The van der Waals surface area contributed by atoms with Gasteiger partial charge in [0.05, 0.1) is 81.6 Å². The van der Waals surface area contributed by atoms with Crippen molar-refractivity contribution in [3.63, 3.8) is 0 Å². The molecule has 6 aromatic carbocycles. The highest BCUT2D eigenvalue weighted by Crippen LogP contribution is 2.21. The minimum atomic E-state index is 0. The quantitative estimate of drug-likeness (QED) is 0.0467. The zero-order chi connectivity index (χ0) is 56.9. The molecule has 12 nitrogen and oxygen atoms in total. The van der Waals surface area contributed by atoms with E-state index in [1.54, 1.807) is 0 Å². The molecular formula is C75H108N12. The molecule has 12 aromatic rings. The summed E-state index contributed by atoms with van der Waals surface area (Å²) in [5.41, 5.74) is 16.0. The maximum absolute atomic E-state index is 2.47. The Morgan fingerprint density at radius 1 is 0.207 bits per heavy atom. The van der Waals surface area contributed by atoms with Gasteiger partial charge in [-0.25, -0.2) is 54.8 Å². The van der Waals surface area contributed by atoms with E-state index >= 15 is 0 Å². The van der Waals surface area contributed by atoms with E-state index in [0.717, 1.165) is 39.3 Å². The molecule has 0 bridgehead atoms. The number of benzene rings is 6. The fourth-order valence-electron chi connectivity index (χ4n) is 12.9. The second-order valence-corrected chi connectivity index (χ2v) is 22.7. The first kappa shape index (κ1) is 71.6. The molecule has 0 N–H and O–H groups in total. The van der Waals surface area contributed by atoms with Gasteiger partial charge in [0, 0.05) is 41.5 Å². The molecule has 0 saturated carbocycles. The number of hydrogen-bond donors (Lipinski definition) is 0.